The molecule has 0 saturated carbocycles. The molecule has 4 nitrogen and oxygen atoms in total. The van der Waals surface area contributed by atoms with Gasteiger partial charge in [0.15, 0.2) is 0 Å². The smallest absolute Gasteiger partial charge is 0.244 e. The van der Waals surface area contributed by atoms with E-state index >= 15 is 0 Å². The molecule has 0 aromatic heterocycles. The van der Waals surface area contributed by atoms with Crippen molar-refractivity contribution in [3.8, 4) is 5.75 Å². The van der Waals surface area contributed by atoms with Crippen molar-refractivity contribution in [1.82, 2.24) is 5.32 Å². The van der Waals surface area contributed by atoms with Gasteiger partial charge in [0.2, 0.25) is 5.91 Å². The standard InChI is InChI=1S/C14H19FN2O2/c1-9(2)16-11-6-7-17(14(11)18)12-5-4-10(15)8-13(12)19-3/h4-5,8-9,11,16H,6-7H2,1-3H3. The minimum atomic E-state index is -0.371. The van der Waals surface area contributed by atoms with Crippen molar-refractivity contribution in [2.45, 2.75) is 32.4 Å². The van der Waals surface area contributed by atoms with Gasteiger partial charge in [-0.1, -0.05) is 13.8 Å². The molecule has 1 aliphatic rings. The highest BCUT2D eigenvalue weighted by molar-refractivity contribution is 6.00. The van der Waals surface area contributed by atoms with Gasteiger partial charge in [0.05, 0.1) is 18.8 Å². The van der Waals surface area contributed by atoms with E-state index in [1.54, 1.807) is 11.0 Å². The van der Waals surface area contributed by atoms with E-state index in [1.807, 2.05) is 13.8 Å². The van der Waals surface area contributed by atoms with Crippen LogP contribution in [0.5, 0.6) is 5.75 Å². The molecule has 1 unspecified atom stereocenters. The first-order valence-electron chi connectivity index (χ1n) is 6.44. The van der Waals surface area contributed by atoms with Crippen molar-refractivity contribution in [1.29, 1.82) is 0 Å². The fourth-order valence-corrected chi connectivity index (χ4v) is 2.35. The van der Waals surface area contributed by atoms with Crippen LogP contribution in [0.2, 0.25) is 0 Å². The maximum Gasteiger partial charge on any atom is 0.244 e. The maximum atomic E-state index is 13.2. The Kier molecular flexibility index (Phi) is 4.04. The molecule has 1 N–H and O–H groups in total. The largest absolute Gasteiger partial charge is 0.494 e. The minimum absolute atomic E-state index is 0.0126. The number of nitrogens with zero attached hydrogens (tertiary/aromatic N) is 1. The molecule has 0 spiro atoms. The van der Waals surface area contributed by atoms with Gasteiger partial charge in [-0.2, -0.15) is 0 Å². The van der Waals surface area contributed by atoms with Gasteiger partial charge in [-0.05, 0) is 18.6 Å². The Balaban J connectivity index is 2.22. The SMILES string of the molecule is COc1cc(F)ccc1N1CCC(NC(C)C)C1=O. The number of carbonyl (C=O) groups is 1. The quantitative estimate of drug-likeness (QED) is 0.905. The molecule has 1 aromatic carbocycles. The van der Waals surface area contributed by atoms with Crippen LogP contribution in [0.15, 0.2) is 18.2 Å². The van der Waals surface area contributed by atoms with Crippen LogP contribution in [-0.2, 0) is 4.79 Å². The van der Waals surface area contributed by atoms with E-state index in [1.165, 1.54) is 19.2 Å². The number of carbonyl (C=O) groups excluding carboxylic acids is 1. The monoisotopic (exact) mass is 266 g/mol. The second kappa shape index (κ2) is 5.57. The van der Waals surface area contributed by atoms with Crippen LogP contribution in [0.1, 0.15) is 20.3 Å². The second-order valence-electron chi connectivity index (χ2n) is 4.97. The lowest BCUT2D eigenvalue weighted by molar-refractivity contribution is -0.119. The topological polar surface area (TPSA) is 41.6 Å². The summed E-state index contributed by atoms with van der Waals surface area (Å²) in [5.41, 5.74) is 0.627. The van der Waals surface area contributed by atoms with Crippen molar-refractivity contribution >= 4 is 11.6 Å². The van der Waals surface area contributed by atoms with Crippen LogP contribution in [0.3, 0.4) is 0 Å². The number of anilines is 1. The average molecular weight is 266 g/mol. The zero-order valence-corrected chi connectivity index (χ0v) is 11.4. The zero-order chi connectivity index (χ0) is 14.0. The Hall–Kier alpha value is -1.62. The molecule has 2 rings (SSSR count). The fourth-order valence-electron chi connectivity index (χ4n) is 2.35. The molecule has 104 valence electrons. The Morgan fingerprint density at radius 1 is 1.47 bits per heavy atom. The van der Waals surface area contributed by atoms with E-state index in [0.29, 0.717) is 18.0 Å². The molecule has 1 fully saturated rings. The summed E-state index contributed by atoms with van der Waals surface area (Å²) in [6, 6.07) is 4.31. The summed E-state index contributed by atoms with van der Waals surface area (Å²) in [6.45, 7) is 4.63. The van der Waals surface area contributed by atoms with Crippen molar-refractivity contribution in [2.75, 3.05) is 18.6 Å². The molecule has 19 heavy (non-hydrogen) atoms. The molecular weight excluding hydrogens is 247 g/mol. The van der Waals surface area contributed by atoms with E-state index in [-0.39, 0.29) is 23.8 Å². The van der Waals surface area contributed by atoms with Gasteiger partial charge in [-0.3, -0.25) is 4.79 Å². The molecule has 1 aliphatic heterocycles. The summed E-state index contributed by atoms with van der Waals surface area (Å²) in [5.74, 6) is 0.0289. The highest BCUT2D eigenvalue weighted by Crippen LogP contribution is 2.32. The highest BCUT2D eigenvalue weighted by atomic mass is 19.1. The molecule has 0 radical (unpaired) electrons. The lowest BCUT2D eigenvalue weighted by Crippen LogP contribution is -2.41. The Bertz CT molecular complexity index is 477. The first kappa shape index (κ1) is 13.8. The number of halogens is 1. The lowest BCUT2D eigenvalue weighted by Gasteiger charge is -2.20. The van der Waals surface area contributed by atoms with Crippen molar-refractivity contribution < 1.29 is 13.9 Å². The van der Waals surface area contributed by atoms with Crippen LogP contribution in [0, 0.1) is 5.82 Å². The van der Waals surface area contributed by atoms with Gasteiger partial charge in [-0.25, -0.2) is 4.39 Å². The zero-order valence-electron chi connectivity index (χ0n) is 11.4. The molecular formula is C14H19FN2O2. The fraction of sp³-hybridized carbons (Fsp3) is 0.500. The molecule has 1 aromatic rings. The number of hydrogen-bond acceptors (Lipinski definition) is 3. The summed E-state index contributed by atoms with van der Waals surface area (Å²) in [5, 5.41) is 3.23. The lowest BCUT2D eigenvalue weighted by atomic mass is 10.2. The predicted molar refractivity (Wildman–Crippen MR) is 72.0 cm³/mol. The Morgan fingerprint density at radius 3 is 2.84 bits per heavy atom. The van der Waals surface area contributed by atoms with Gasteiger partial charge in [-0.15, -0.1) is 0 Å². The van der Waals surface area contributed by atoms with Crippen LogP contribution in [0.25, 0.3) is 0 Å². The Morgan fingerprint density at radius 2 is 2.21 bits per heavy atom. The third kappa shape index (κ3) is 2.87. The molecule has 0 aliphatic carbocycles. The number of ether oxygens (including phenoxy) is 1. The Labute approximate surface area is 112 Å². The first-order valence-corrected chi connectivity index (χ1v) is 6.44. The van der Waals surface area contributed by atoms with Gasteiger partial charge < -0.3 is 15.0 Å². The third-order valence-corrected chi connectivity index (χ3v) is 3.17. The van der Waals surface area contributed by atoms with Crippen LogP contribution in [-0.4, -0.2) is 31.6 Å². The van der Waals surface area contributed by atoms with Gasteiger partial charge in [0.1, 0.15) is 11.6 Å². The summed E-state index contributed by atoms with van der Waals surface area (Å²) < 4.78 is 18.3. The number of benzene rings is 1. The van der Waals surface area contributed by atoms with E-state index in [2.05, 4.69) is 5.32 Å². The molecule has 1 saturated heterocycles. The van der Waals surface area contributed by atoms with Crippen LogP contribution < -0.4 is 15.0 Å². The highest BCUT2D eigenvalue weighted by Gasteiger charge is 2.34. The number of hydrogen-bond donors (Lipinski definition) is 1. The minimum Gasteiger partial charge on any atom is -0.494 e. The first-order chi connectivity index (χ1) is 9.02. The molecule has 1 atom stereocenters. The molecule has 1 amide bonds. The summed E-state index contributed by atoms with van der Waals surface area (Å²) >= 11 is 0. The van der Waals surface area contributed by atoms with Gasteiger partial charge in [0, 0.05) is 18.7 Å². The predicted octanol–water partition coefficient (Wildman–Crippen LogP) is 1.94. The molecule has 0 bridgehead atoms. The van der Waals surface area contributed by atoms with Crippen molar-refractivity contribution in [3.05, 3.63) is 24.0 Å². The summed E-state index contributed by atoms with van der Waals surface area (Å²) in [7, 11) is 1.47. The molecule has 1 heterocycles. The molecule has 5 heteroatoms. The van der Waals surface area contributed by atoms with E-state index in [9.17, 15) is 9.18 Å². The van der Waals surface area contributed by atoms with E-state index in [4.69, 9.17) is 4.74 Å². The van der Waals surface area contributed by atoms with Crippen LogP contribution in [0.4, 0.5) is 10.1 Å². The van der Waals surface area contributed by atoms with Crippen molar-refractivity contribution in [2.24, 2.45) is 0 Å². The second-order valence-corrected chi connectivity index (χ2v) is 4.97. The van der Waals surface area contributed by atoms with Crippen molar-refractivity contribution in [3.63, 3.8) is 0 Å². The van der Waals surface area contributed by atoms with E-state index < -0.39 is 0 Å². The van der Waals surface area contributed by atoms with E-state index in [0.717, 1.165) is 6.42 Å². The summed E-state index contributed by atoms with van der Waals surface area (Å²) in [6.07, 6.45) is 0.748. The normalized spacial score (nSPS) is 19.3. The summed E-state index contributed by atoms with van der Waals surface area (Å²) in [4.78, 5) is 14.0. The average Bonchev–Trinajstić information content (AvgIpc) is 2.70. The number of rotatable bonds is 4. The third-order valence-electron chi connectivity index (χ3n) is 3.17. The van der Waals surface area contributed by atoms with Gasteiger partial charge >= 0.3 is 0 Å². The van der Waals surface area contributed by atoms with Crippen LogP contribution >= 0.6 is 0 Å². The number of amides is 1. The van der Waals surface area contributed by atoms with Gasteiger partial charge in [0.25, 0.3) is 0 Å². The number of nitrogens with one attached hydrogen (secondary N) is 1. The maximum absolute atomic E-state index is 13.2. The number of methoxy groups -OCH3 is 1.